The van der Waals surface area contributed by atoms with Crippen LogP contribution in [0.2, 0.25) is 0 Å². The Balaban J connectivity index is 1.39. The third-order valence-electron chi connectivity index (χ3n) is 5.10. The SMILES string of the molecule is Fc1ccc(OC[C@H]2CCC[C@@H]2N2C=CC=C(c3ncccn3)C2)cc1. The zero-order chi connectivity index (χ0) is 17.8. The topological polar surface area (TPSA) is 38.2 Å². The van der Waals surface area contributed by atoms with Gasteiger partial charge in [0.25, 0.3) is 0 Å². The summed E-state index contributed by atoms with van der Waals surface area (Å²) >= 11 is 0. The first-order chi connectivity index (χ1) is 12.8. The van der Waals surface area contributed by atoms with Crippen molar-refractivity contribution in [2.45, 2.75) is 25.3 Å². The average Bonchev–Trinajstić information content (AvgIpc) is 3.17. The molecule has 0 saturated heterocycles. The van der Waals surface area contributed by atoms with E-state index in [-0.39, 0.29) is 5.82 Å². The monoisotopic (exact) mass is 351 g/mol. The van der Waals surface area contributed by atoms with Crippen LogP contribution in [0, 0.1) is 11.7 Å². The van der Waals surface area contributed by atoms with Crippen molar-refractivity contribution in [3.05, 3.63) is 72.7 Å². The van der Waals surface area contributed by atoms with Crippen molar-refractivity contribution in [1.29, 1.82) is 0 Å². The number of hydrogen-bond donors (Lipinski definition) is 0. The molecule has 1 saturated carbocycles. The molecular formula is C21H22FN3O. The Bertz CT molecular complexity index is 789. The van der Waals surface area contributed by atoms with Gasteiger partial charge in [-0.05, 0) is 55.4 Å². The normalized spacial score (nSPS) is 22.3. The summed E-state index contributed by atoms with van der Waals surface area (Å²) < 4.78 is 18.9. The molecule has 4 rings (SSSR count). The first-order valence-electron chi connectivity index (χ1n) is 9.08. The molecule has 0 unspecified atom stereocenters. The smallest absolute Gasteiger partial charge is 0.156 e. The van der Waals surface area contributed by atoms with Crippen LogP contribution in [0.25, 0.3) is 5.57 Å². The van der Waals surface area contributed by atoms with Crippen molar-refractivity contribution in [3.63, 3.8) is 0 Å². The number of benzene rings is 1. The van der Waals surface area contributed by atoms with Crippen LogP contribution in [0.15, 0.2) is 61.1 Å². The van der Waals surface area contributed by atoms with E-state index in [1.165, 1.54) is 18.6 Å². The van der Waals surface area contributed by atoms with Gasteiger partial charge in [-0.15, -0.1) is 0 Å². The van der Waals surface area contributed by atoms with Crippen LogP contribution in [0.3, 0.4) is 0 Å². The van der Waals surface area contributed by atoms with Gasteiger partial charge < -0.3 is 9.64 Å². The van der Waals surface area contributed by atoms with Crippen molar-refractivity contribution in [2.24, 2.45) is 5.92 Å². The molecule has 0 N–H and O–H groups in total. The molecule has 2 aliphatic rings. The first-order valence-corrected chi connectivity index (χ1v) is 9.08. The minimum atomic E-state index is -0.239. The standard InChI is InChI=1S/C21H22FN3O/c22-18-7-9-19(10-8-18)26-15-17-4-1-6-20(17)25-13-2-5-16(14-25)21-23-11-3-12-24-21/h2-3,5,7-13,17,20H,1,4,6,14-15H2/t17-,20+/m1/s1. The fraction of sp³-hybridized carbons (Fsp3) is 0.333. The predicted octanol–water partition coefficient (Wildman–Crippen LogP) is 4.08. The van der Waals surface area contributed by atoms with Crippen LogP contribution >= 0.6 is 0 Å². The number of ether oxygens (including phenoxy) is 1. The van der Waals surface area contributed by atoms with E-state index in [0.29, 0.717) is 18.6 Å². The summed E-state index contributed by atoms with van der Waals surface area (Å²) in [6.07, 6.45) is 13.4. The summed E-state index contributed by atoms with van der Waals surface area (Å²) in [5.74, 6) is 1.74. The molecule has 2 heterocycles. The highest BCUT2D eigenvalue weighted by Gasteiger charge is 2.32. The van der Waals surface area contributed by atoms with Crippen LogP contribution in [0.4, 0.5) is 4.39 Å². The highest BCUT2D eigenvalue weighted by molar-refractivity contribution is 5.64. The lowest BCUT2D eigenvalue weighted by atomic mass is 10.0. The molecular weight excluding hydrogens is 329 g/mol. The molecule has 1 aliphatic carbocycles. The lowest BCUT2D eigenvalue weighted by Gasteiger charge is -2.34. The van der Waals surface area contributed by atoms with Gasteiger partial charge in [-0.2, -0.15) is 0 Å². The second-order valence-electron chi connectivity index (χ2n) is 6.80. The van der Waals surface area contributed by atoms with Crippen LogP contribution in [-0.4, -0.2) is 34.1 Å². The van der Waals surface area contributed by atoms with E-state index in [1.54, 1.807) is 24.5 Å². The molecule has 0 spiro atoms. The van der Waals surface area contributed by atoms with Gasteiger partial charge in [-0.25, -0.2) is 14.4 Å². The molecule has 1 aromatic heterocycles. The number of nitrogens with zero attached hydrogens (tertiary/aromatic N) is 3. The highest BCUT2D eigenvalue weighted by Crippen LogP contribution is 2.33. The molecule has 1 fully saturated rings. The fourth-order valence-corrected chi connectivity index (χ4v) is 3.79. The van der Waals surface area contributed by atoms with Gasteiger partial charge in [0.2, 0.25) is 0 Å². The molecule has 4 nitrogen and oxygen atoms in total. The highest BCUT2D eigenvalue weighted by atomic mass is 19.1. The quantitative estimate of drug-likeness (QED) is 0.814. The van der Waals surface area contributed by atoms with E-state index < -0.39 is 0 Å². The number of hydrogen-bond acceptors (Lipinski definition) is 4. The minimum Gasteiger partial charge on any atom is -0.493 e. The molecule has 134 valence electrons. The summed E-state index contributed by atoms with van der Waals surface area (Å²) in [4.78, 5) is 11.1. The first kappa shape index (κ1) is 16.8. The third kappa shape index (κ3) is 3.77. The summed E-state index contributed by atoms with van der Waals surface area (Å²) in [5, 5.41) is 0. The second kappa shape index (κ2) is 7.68. The molecule has 1 aromatic carbocycles. The zero-order valence-corrected chi connectivity index (χ0v) is 14.6. The van der Waals surface area contributed by atoms with Crippen LogP contribution in [0.5, 0.6) is 5.75 Å². The molecule has 5 heteroatoms. The van der Waals surface area contributed by atoms with E-state index in [9.17, 15) is 4.39 Å². The minimum absolute atomic E-state index is 0.239. The van der Waals surface area contributed by atoms with Gasteiger partial charge >= 0.3 is 0 Å². The second-order valence-corrected chi connectivity index (χ2v) is 6.80. The van der Waals surface area contributed by atoms with Crippen molar-refractivity contribution in [1.82, 2.24) is 14.9 Å². The van der Waals surface area contributed by atoms with E-state index in [4.69, 9.17) is 4.74 Å². The maximum Gasteiger partial charge on any atom is 0.156 e. The Morgan fingerprint density at radius 1 is 1.12 bits per heavy atom. The molecule has 2 atom stereocenters. The van der Waals surface area contributed by atoms with Crippen molar-refractivity contribution >= 4 is 5.57 Å². The number of rotatable bonds is 5. The molecule has 0 amide bonds. The van der Waals surface area contributed by atoms with Gasteiger partial charge in [-0.3, -0.25) is 0 Å². The predicted molar refractivity (Wildman–Crippen MR) is 98.9 cm³/mol. The average molecular weight is 351 g/mol. The Hall–Kier alpha value is -2.69. The molecule has 0 bridgehead atoms. The maximum atomic E-state index is 13.0. The zero-order valence-electron chi connectivity index (χ0n) is 14.6. The summed E-state index contributed by atoms with van der Waals surface area (Å²) in [7, 11) is 0. The Labute approximate surface area is 153 Å². The van der Waals surface area contributed by atoms with E-state index in [1.807, 2.05) is 6.07 Å². The largest absolute Gasteiger partial charge is 0.493 e. The van der Waals surface area contributed by atoms with Crippen molar-refractivity contribution < 1.29 is 9.13 Å². The summed E-state index contributed by atoms with van der Waals surface area (Å²) in [5.41, 5.74) is 1.14. The number of aromatic nitrogens is 2. The lowest BCUT2D eigenvalue weighted by molar-refractivity contribution is 0.173. The third-order valence-corrected chi connectivity index (χ3v) is 5.10. The number of halogens is 1. The van der Waals surface area contributed by atoms with Gasteiger partial charge in [0.15, 0.2) is 5.82 Å². The van der Waals surface area contributed by atoms with Crippen LogP contribution in [0.1, 0.15) is 25.1 Å². The van der Waals surface area contributed by atoms with Gasteiger partial charge in [0.05, 0.1) is 6.61 Å². The van der Waals surface area contributed by atoms with E-state index in [2.05, 4.69) is 33.2 Å². The molecule has 1 aliphatic heterocycles. The summed E-state index contributed by atoms with van der Waals surface area (Å²) in [6, 6.07) is 8.53. The van der Waals surface area contributed by atoms with Crippen molar-refractivity contribution in [2.75, 3.05) is 13.2 Å². The van der Waals surface area contributed by atoms with E-state index >= 15 is 0 Å². The Kier molecular flexibility index (Phi) is 4.95. The Morgan fingerprint density at radius 2 is 1.92 bits per heavy atom. The molecule has 2 aromatic rings. The van der Waals surface area contributed by atoms with Crippen LogP contribution < -0.4 is 4.74 Å². The molecule has 26 heavy (non-hydrogen) atoms. The van der Waals surface area contributed by atoms with Crippen molar-refractivity contribution in [3.8, 4) is 5.75 Å². The van der Waals surface area contributed by atoms with Gasteiger partial charge in [-0.1, -0.05) is 12.5 Å². The summed E-state index contributed by atoms with van der Waals surface area (Å²) in [6.45, 7) is 1.47. The van der Waals surface area contributed by atoms with Gasteiger partial charge in [0.1, 0.15) is 11.6 Å². The van der Waals surface area contributed by atoms with Gasteiger partial charge in [0, 0.05) is 36.5 Å². The lowest BCUT2D eigenvalue weighted by Crippen LogP contribution is -2.38. The maximum absolute atomic E-state index is 13.0. The number of allylic oxidation sites excluding steroid dienone is 2. The Morgan fingerprint density at radius 3 is 2.73 bits per heavy atom. The van der Waals surface area contributed by atoms with E-state index in [0.717, 1.165) is 36.5 Å². The fourth-order valence-electron chi connectivity index (χ4n) is 3.79. The molecule has 0 radical (unpaired) electrons. The van der Waals surface area contributed by atoms with Crippen LogP contribution in [-0.2, 0) is 0 Å².